The van der Waals surface area contributed by atoms with Gasteiger partial charge in [-0.05, 0) is 43.8 Å². The Morgan fingerprint density at radius 2 is 1.86 bits per heavy atom. The van der Waals surface area contributed by atoms with Crippen molar-refractivity contribution >= 4 is 10.1 Å². The van der Waals surface area contributed by atoms with Crippen LogP contribution in [-0.4, -0.2) is 38.8 Å². The summed E-state index contributed by atoms with van der Waals surface area (Å²) >= 11 is 0. The molecule has 118 valence electrons. The Hall–Kier alpha value is -0.910. The molecular weight excluding hydrogens is 286 g/mol. The minimum Gasteiger partial charge on any atom is -0.299 e. The Labute approximate surface area is 128 Å². The van der Waals surface area contributed by atoms with Crippen molar-refractivity contribution in [3.63, 3.8) is 0 Å². The van der Waals surface area contributed by atoms with Crippen LogP contribution in [0.25, 0.3) is 0 Å². The molecule has 0 saturated carbocycles. The second-order valence-corrected chi connectivity index (χ2v) is 7.45. The summed E-state index contributed by atoms with van der Waals surface area (Å²) < 4.78 is 27.9. The molecule has 21 heavy (non-hydrogen) atoms. The summed E-state index contributed by atoms with van der Waals surface area (Å²) in [6, 6.07) is 10.5. The molecule has 1 aromatic rings. The van der Waals surface area contributed by atoms with E-state index in [4.69, 9.17) is 4.18 Å². The monoisotopic (exact) mass is 311 g/mol. The standard InChI is InChI=1S/C16H25NO3S/c1-3-16(20-21(2,18)19)15-9-11-17(12-10-15)13-14-7-5-4-6-8-14/h4-8,15-16H,3,9-13H2,1-2H3. The molecule has 1 aromatic carbocycles. The van der Waals surface area contributed by atoms with E-state index in [1.54, 1.807) is 0 Å². The van der Waals surface area contributed by atoms with E-state index in [2.05, 4.69) is 29.2 Å². The molecule has 2 rings (SSSR count). The maximum atomic E-state index is 11.3. The first kappa shape index (κ1) is 16.5. The first-order valence-corrected chi connectivity index (χ1v) is 9.44. The topological polar surface area (TPSA) is 46.6 Å². The molecule has 5 heteroatoms. The van der Waals surface area contributed by atoms with Gasteiger partial charge in [0.1, 0.15) is 0 Å². The van der Waals surface area contributed by atoms with E-state index >= 15 is 0 Å². The summed E-state index contributed by atoms with van der Waals surface area (Å²) in [6.45, 7) is 4.97. The highest BCUT2D eigenvalue weighted by Crippen LogP contribution is 2.26. The third-order valence-corrected chi connectivity index (χ3v) is 4.70. The van der Waals surface area contributed by atoms with Crippen molar-refractivity contribution in [2.75, 3.05) is 19.3 Å². The van der Waals surface area contributed by atoms with Gasteiger partial charge in [0.15, 0.2) is 0 Å². The van der Waals surface area contributed by atoms with Crippen LogP contribution in [-0.2, 0) is 20.8 Å². The zero-order valence-corrected chi connectivity index (χ0v) is 13.7. The van der Waals surface area contributed by atoms with E-state index in [-0.39, 0.29) is 6.10 Å². The van der Waals surface area contributed by atoms with Gasteiger partial charge in [0.05, 0.1) is 12.4 Å². The fourth-order valence-electron chi connectivity index (χ4n) is 3.03. The van der Waals surface area contributed by atoms with E-state index in [1.165, 1.54) is 5.56 Å². The molecular formula is C16H25NO3S. The molecule has 0 amide bonds. The number of benzene rings is 1. The van der Waals surface area contributed by atoms with Crippen molar-refractivity contribution in [2.45, 2.75) is 38.8 Å². The van der Waals surface area contributed by atoms with Crippen molar-refractivity contribution in [1.82, 2.24) is 4.90 Å². The first-order chi connectivity index (χ1) is 9.98. The van der Waals surface area contributed by atoms with Crippen LogP contribution in [0.3, 0.4) is 0 Å². The molecule has 1 saturated heterocycles. The second-order valence-electron chi connectivity index (χ2n) is 5.85. The summed E-state index contributed by atoms with van der Waals surface area (Å²) in [7, 11) is -3.36. The van der Waals surface area contributed by atoms with Gasteiger partial charge in [0.2, 0.25) is 0 Å². The van der Waals surface area contributed by atoms with E-state index in [1.807, 2.05) is 13.0 Å². The molecule has 0 radical (unpaired) electrons. The fourth-order valence-corrected chi connectivity index (χ4v) is 3.77. The maximum absolute atomic E-state index is 11.3. The van der Waals surface area contributed by atoms with Crippen LogP contribution in [0.1, 0.15) is 31.7 Å². The van der Waals surface area contributed by atoms with Gasteiger partial charge in [0.25, 0.3) is 10.1 Å². The van der Waals surface area contributed by atoms with Crippen molar-refractivity contribution in [1.29, 1.82) is 0 Å². The molecule has 1 atom stereocenters. The van der Waals surface area contributed by atoms with Gasteiger partial charge < -0.3 is 0 Å². The minimum atomic E-state index is -3.36. The van der Waals surface area contributed by atoms with Crippen molar-refractivity contribution in [3.8, 4) is 0 Å². The minimum absolute atomic E-state index is 0.168. The molecule has 1 unspecified atom stereocenters. The Morgan fingerprint density at radius 1 is 1.24 bits per heavy atom. The Bertz CT molecular complexity index is 522. The van der Waals surface area contributed by atoms with E-state index in [0.717, 1.165) is 45.2 Å². The van der Waals surface area contributed by atoms with Gasteiger partial charge in [-0.15, -0.1) is 0 Å². The van der Waals surface area contributed by atoms with E-state index < -0.39 is 10.1 Å². The highest BCUT2D eigenvalue weighted by Gasteiger charge is 2.28. The Balaban J connectivity index is 1.84. The van der Waals surface area contributed by atoms with Crippen LogP contribution >= 0.6 is 0 Å². The van der Waals surface area contributed by atoms with Crippen LogP contribution in [0, 0.1) is 5.92 Å². The van der Waals surface area contributed by atoms with Crippen LogP contribution in [0.5, 0.6) is 0 Å². The maximum Gasteiger partial charge on any atom is 0.264 e. The van der Waals surface area contributed by atoms with Gasteiger partial charge in [-0.2, -0.15) is 8.42 Å². The summed E-state index contributed by atoms with van der Waals surface area (Å²) in [5.74, 6) is 0.344. The predicted octanol–water partition coefficient (Wildman–Crippen LogP) is 2.65. The Morgan fingerprint density at radius 3 is 2.38 bits per heavy atom. The molecule has 0 aromatic heterocycles. The van der Waals surface area contributed by atoms with E-state index in [9.17, 15) is 8.42 Å². The van der Waals surface area contributed by atoms with E-state index in [0.29, 0.717) is 5.92 Å². The first-order valence-electron chi connectivity index (χ1n) is 7.62. The average Bonchev–Trinajstić information content (AvgIpc) is 2.46. The fraction of sp³-hybridized carbons (Fsp3) is 0.625. The highest BCUT2D eigenvalue weighted by atomic mass is 32.2. The Kier molecular flexibility index (Phi) is 5.79. The summed E-state index contributed by atoms with van der Waals surface area (Å²) in [5, 5.41) is 0. The molecule has 1 heterocycles. The van der Waals surface area contributed by atoms with Gasteiger partial charge in [-0.25, -0.2) is 0 Å². The molecule has 4 nitrogen and oxygen atoms in total. The largest absolute Gasteiger partial charge is 0.299 e. The number of nitrogens with zero attached hydrogens (tertiary/aromatic N) is 1. The lowest BCUT2D eigenvalue weighted by molar-refractivity contribution is 0.0769. The van der Waals surface area contributed by atoms with Gasteiger partial charge in [0, 0.05) is 6.54 Å². The summed E-state index contributed by atoms with van der Waals surface area (Å²) in [4.78, 5) is 2.43. The number of hydrogen-bond acceptors (Lipinski definition) is 4. The zero-order chi connectivity index (χ0) is 15.3. The number of likely N-dealkylation sites (tertiary alicyclic amines) is 1. The van der Waals surface area contributed by atoms with Gasteiger partial charge in [-0.1, -0.05) is 37.3 Å². The van der Waals surface area contributed by atoms with Gasteiger partial charge in [-0.3, -0.25) is 9.08 Å². The third-order valence-electron chi connectivity index (χ3n) is 4.11. The summed E-state index contributed by atoms with van der Waals surface area (Å²) in [5.41, 5.74) is 1.33. The number of piperidine rings is 1. The smallest absolute Gasteiger partial charge is 0.264 e. The average molecular weight is 311 g/mol. The van der Waals surface area contributed by atoms with Crippen molar-refractivity contribution in [3.05, 3.63) is 35.9 Å². The number of hydrogen-bond donors (Lipinski definition) is 0. The van der Waals surface area contributed by atoms with Gasteiger partial charge >= 0.3 is 0 Å². The second kappa shape index (κ2) is 7.38. The lowest BCUT2D eigenvalue weighted by Gasteiger charge is -2.35. The molecule has 0 bridgehead atoms. The third kappa shape index (κ3) is 5.41. The lowest BCUT2D eigenvalue weighted by Crippen LogP contribution is -2.38. The molecule has 1 aliphatic heterocycles. The van der Waals surface area contributed by atoms with Crippen LogP contribution in [0.4, 0.5) is 0 Å². The lowest BCUT2D eigenvalue weighted by atomic mass is 9.90. The molecule has 0 N–H and O–H groups in total. The van der Waals surface area contributed by atoms with Crippen LogP contribution in [0.15, 0.2) is 30.3 Å². The quantitative estimate of drug-likeness (QED) is 0.758. The summed E-state index contributed by atoms with van der Waals surface area (Å²) in [6.07, 6.45) is 3.72. The SMILES string of the molecule is CCC(OS(C)(=O)=O)C1CCN(Cc2ccccc2)CC1. The molecule has 1 fully saturated rings. The van der Waals surface area contributed by atoms with Crippen molar-refractivity contribution in [2.24, 2.45) is 5.92 Å². The normalized spacial score (nSPS) is 19.5. The molecule has 1 aliphatic rings. The molecule has 0 aliphatic carbocycles. The zero-order valence-electron chi connectivity index (χ0n) is 12.9. The molecule has 0 spiro atoms. The number of rotatable bonds is 6. The highest BCUT2D eigenvalue weighted by molar-refractivity contribution is 7.86. The van der Waals surface area contributed by atoms with Crippen LogP contribution in [0.2, 0.25) is 0 Å². The predicted molar refractivity (Wildman–Crippen MR) is 84.5 cm³/mol. The van der Waals surface area contributed by atoms with Crippen LogP contribution < -0.4 is 0 Å². The van der Waals surface area contributed by atoms with Crippen molar-refractivity contribution < 1.29 is 12.6 Å².